The van der Waals surface area contributed by atoms with Crippen molar-refractivity contribution in [2.24, 2.45) is 17.8 Å². The van der Waals surface area contributed by atoms with Gasteiger partial charge in [-0.15, -0.1) is 0 Å². The number of alkyl halides is 2. The first-order chi connectivity index (χ1) is 7.85. The third-order valence-corrected chi connectivity index (χ3v) is 5.84. The Morgan fingerprint density at radius 3 is 2.53 bits per heavy atom. The van der Waals surface area contributed by atoms with E-state index < -0.39 is 4.07 Å². The van der Waals surface area contributed by atoms with Gasteiger partial charge in [-0.05, 0) is 37.0 Å². The predicted octanol–water partition coefficient (Wildman–Crippen LogP) is 5.60. The summed E-state index contributed by atoms with van der Waals surface area (Å²) >= 11 is 12.3. The molecule has 0 aliphatic heterocycles. The summed E-state index contributed by atoms with van der Waals surface area (Å²) in [5.41, 5.74) is 0. The van der Waals surface area contributed by atoms with E-state index in [0.29, 0.717) is 17.9 Å². The van der Waals surface area contributed by atoms with E-state index >= 15 is 0 Å². The van der Waals surface area contributed by atoms with Crippen molar-refractivity contribution in [3.8, 4) is 0 Å². The van der Waals surface area contributed by atoms with Gasteiger partial charge in [-0.1, -0.05) is 57.3 Å². The fraction of sp³-hybridized carbons (Fsp3) is 1.00. The van der Waals surface area contributed by atoms with Crippen molar-refractivity contribution in [1.82, 2.24) is 0 Å². The average Bonchev–Trinajstić information content (AvgIpc) is 2.26. The second-order valence-electron chi connectivity index (χ2n) is 5.64. The van der Waals surface area contributed by atoms with Crippen LogP contribution in [0.5, 0.6) is 0 Å². The highest BCUT2D eigenvalue weighted by atomic mass is 35.5. The Morgan fingerprint density at radius 1 is 1.35 bits per heavy atom. The van der Waals surface area contributed by atoms with Crippen LogP contribution in [0.15, 0.2) is 0 Å². The van der Waals surface area contributed by atoms with Crippen LogP contribution in [0, 0.1) is 17.8 Å². The number of rotatable bonds is 5. The van der Waals surface area contributed by atoms with Crippen molar-refractivity contribution in [3.63, 3.8) is 0 Å². The van der Waals surface area contributed by atoms with Crippen molar-refractivity contribution in [1.29, 1.82) is 0 Å². The third kappa shape index (κ3) is 5.23. The van der Waals surface area contributed by atoms with Gasteiger partial charge in [0, 0.05) is 0 Å². The van der Waals surface area contributed by atoms with Gasteiger partial charge in [0.2, 0.25) is 0 Å². The van der Waals surface area contributed by atoms with Crippen LogP contribution in [-0.4, -0.2) is 10.2 Å². The van der Waals surface area contributed by atoms with E-state index in [1.165, 1.54) is 12.8 Å². The SMILES string of the molecule is CCC(Cl)(Cl)PO[C@@H]1C[C@H](C)CC[C@H]1C(C)C. The molecule has 0 spiro atoms. The summed E-state index contributed by atoms with van der Waals surface area (Å²) in [5, 5.41) is 0. The molecule has 0 aromatic rings. The van der Waals surface area contributed by atoms with Gasteiger partial charge in [0.05, 0.1) is 14.9 Å². The highest BCUT2D eigenvalue weighted by Crippen LogP contribution is 2.47. The van der Waals surface area contributed by atoms with Crippen LogP contribution in [0.1, 0.15) is 53.4 Å². The Labute approximate surface area is 118 Å². The van der Waals surface area contributed by atoms with Crippen LogP contribution < -0.4 is 0 Å². The van der Waals surface area contributed by atoms with E-state index in [0.717, 1.165) is 18.8 Å². The minimum absolute atomic E-state index is 0.189. The Kier molecular flexibility index (Phi) is 6.54. The zero-order valence-electron chi connectivity index (χ0n) is 11.3. The molecule has 0 saturated heterocycles. The van der Waals surface area contributed by atoms with Crippen LogP contribution in [0.4, 0.5) is 0 Å². The number of hydrogen-bond acceptors (Lipinski definition) is 1. The van der Waals surface area contributed by atoms with Crippen molar-refractivity contribution < 1.29 is 4.52 Å². The molecule has 0 radical (unpaired) electrons. The van der Waals surface area contributed by atoms with E-state index in [1.807, 2.05) is 6.92 Å². The Morgan fingerprint density at radius 2 is 2.00 bits per heavy atom. The molecular formula is C13H25Cl2OP. The standard InChI is InChI=1S/C13H25Cl2OP/c1-5-13(14,15)17-16-12-8-10(4)6-7-11(12)9(2)3/h9-12,17H,5-8H2,1-4H3/t10-,11+,12-/m1/s1. The summed E-state index contributed by atoms with van der Waals surface area (Å²) in [5.74, 6) is 2.11. The van der Waals surface area contributed by atoms with Crippen molar-refractivity contribution >= 4 is 32.0 Å². The average molecular weight is 299 g/mol. The van der Waals surface area contributed by atoms with E-state index in [2.05, 4.69) is 20.8 Å². The largest absolute Gasteiger partial charge is 0.356 e. The summed E-state index contributed by atoms with van der Waals surface area (Å²) in [6, 6.07) is 0. The van der Waals surface area contributed by atoms with Crippen molar-refractivity contribution in [2.75, 3.05) is 0 Å². The molecule has 17 heavy (non-hydrogen) atoms. The fourth-order valence-electron chi connectivity index (χ4n) is 2.48. The van der Waals surface area contributed by atoms with Gasteiger partial charge in [-0.25, -0.2) is 0 Å². The van der Waals surface area contributed by atoms with E-state index in [4.69, 9.17) is 27.7 Å². The second kappa shape index (κ2) is 6.94. The summed E-state index contributed by atoms with van der Waals surface area (Å²) in [6.45, 7) is 8.88. The van der Waals surface area contributed by atoms with Gasteiger partial charge < -0.3 is 4.52 Å². The van der Waals surface area contributed by atoms with Crippen molar-refractivity contribution in [2.45, 2.75) is 63.6 Å². The molecule has 1 fully saturated rings. The highest BCUT2D eigenvalue weighted by Gasteiger charge is 2.33. The lowest BCUT2D eigenvalue weighted by molar-refractivity contribution is 0.0577. The van der Waals surface area contributed by atoms with E-state index in [9.17, 15) is 0 Å². The number of halogens is 2. The summed E-state index contributed by atoms with van der Waals surface area (Å²) in [7, 11) is 0.189. The minimum atomic E-state index is -0.692. The maximum absolute atomic E-state index is 6.16. The summed E-state index contributed by atoms with van der Waals surface area (Å²) in [4.78, 5) is 0. The zero-order valence-corrected chi connectivity index (χ0v) is 13.8. The first kappa shape index (κ1) is 16.0. The molecule has 0 heterocycles. The summed E-state index contributed by atoms with van der Waals surface area (Å²) < 4.78 is 5.35. The van der Waals surface area contributed by atoms with Gasteiger partial charge in [-0.2, -0.15) is 0 Å². The topological polar surface area (TPSA) is 9.23 Å². The van der Waals surface area contributed by atoms with Crippen LogP contribution >= 0.6 is 32.0 Å². The Hall–Kier alpha value is 0.970. The third-order valence-electron chi connectivity index (χ3n) is 3.76. The molecule has 0 N–H and O–H groups in total. The molecule has 1 aliphatic rings. The molecule has 1 aliphatic carbocycles. The maximum Gasteiger partial charge on any atom is 0.158 e. The van der Waals surface area contributed by atoms with Gasteiger partial charge in [-0.3, -0.25) is 0 Å². The van der Waals surface area contributed by atoms with Crippen LogP contribution in [0.2, 0.25) is 0 Å². The fourth-order valence-corrected chi connectivity index (χ4v) is 3.49. The summed E-state index contributed by atoms with van der Waals surface area (Å²) in [6.07, 6.45) is 4.84. The molecule has 4 atom stereocenters. The van der Waals surface area contributed by atoms with Gasteiger partial charge >= 0.3 is 0 Å². The Bertz CT molecular complexity index is 233. The first-order valence-electron chi connectivity index (χ1n) is 6.66. The van der Waals surface area contributed by atoms with Crippen LogP contribution in [0.25, 0.3) is 0 Å². The second-order valence-corrected chi connectivity index (χ2v) is 9.05. The molecule has 1 rings (SSSR count). The first-order valence-corrected chi connectivity index (χ1v) is 8.32. The molecule has 0 amide bonds. The Balaban J connectivity index is 2.52. The minimum Gasteiger partial charge on any atom is -0.356 e. The molecule has 1 unspecified atom stereocenters. The molecule has 102 valence electrons. The van der Waals surface area contributed by atoms with E-state index in [1.54, 1.807) is 0 Å². The van der Waals surface area contributed by atoms with Crippen LogP contribution in [-0.2, 0) is 4.52 Å². The molecule has 1 nitrogen and oxygen atoms in total. The molecule has 4 heteroatoms. The molecule has 0 aromatic heterocycles. The van der Waals surface area contributed by atoms with Gasteiger partial charge in [0.1, 0.15) is 0 Å². The lowest BCUT2D eigenvalue weighted by atomic mass is 9.75. The normalized spacial score (nSPS) is 31.6. The highest BCUT2D eigenvalue weighted by molar-refractivity contribution is 7.40. The predicted molar refractivity (Wildman–Crippen MR) is 79.3 cm³/mol. The lowest BCUT2D eigenvalue weighted by Crippen LogP contribution is -2.33. The number of hydrogen-bond donors (Lipinski definition) is 0. The maximum atomic E-state index is 6.16. The smallest absolute Gasteiger partial charge is 0.158 e. The zero-order chi connectivity index (χ0) is 13.1. The molecular weight excluding hydrogens is 274 g/mol. The molecule has 0 aromatic carbocycles. The van der Waals surface area contributed by atoms with Crippen molar-refractivity contribution in [3.05, 3.63) is 0 Å². The van der Waals surface area contributed by atoms with E-state index in [-0.39, 0.29) is 8.81 Å². The lowest BCUT2D eigenvalue weighted by Gasteiger charge is -2.38. The van der Waals surface area contributed by atoms with Gasteiger partial charge in [0.15, 0.2) is 4.07 Å². The molecule has 1 saturated carbocycles. The monoisotopic (exact) mass is 298 g/mol. The quantitative estimate of drug-likeness (QED) is 0.474. The van der Waals surface area contributed by atoms with Crippen LogP contribution in [0.3, 0.4) is 0 Å². The van der Waals surface area contributed by atoms with Gasteiger partial charge in [0.25, 0.3) is 0 Å². The molecule has 0 bridgehead atoms.